The highest BCUT2D eigenvalue weighted by Crippen LogP contribution is 2.16. The predicted octanol–water partition coefficient (Wildman–Crippen LogP) is 9.97. The van der Waals surface area contributed by atoms with E-state index >= 15 is 0 Å². The van der Waals surface area contributed by atoms with E-state index in [4.69, 9.17) is 27.7 Å². The smallest absolute Gasteiger partial charge is 0.123 e. The van der Waals surface area contributed by atoms with E-state index in [1.54, 1.807) is 0 Å². The van der Waals surface area contributed by atoms with Crippen LogP contribution in [0.2, 0.25) is 0 Å². The molecule has 0 saturated heterocycles. The molecule has 0 radical (unpaired) electrons. The first-order chi connectivity index (χ1) is 20.0. The van der Waals surface area contributed by atoms with Crippen LogP contribution in [0.25, 0.3) is 0 Å². The van der Waals surface area contributed by atoms with Gasteiger partial charge in [-0.3, -0.25) is 0 Å². The Morgan fingerprint density at radius 2 is 0.512 bits per heavy atom. The van der Waals surface area contributed by atoms with Crippen molar-refractivity contribution in [1.82, 2.24) is 0 Å². The number of hydrogen-bond acceptors (Lipinski definition) is 5. The summed E-state index contributed by atoms with van der Waals surface area (Å²) < 4.78 is 5.82. The largest absolute Gasteiger partial charge is 0.342 e. The van der Waals surface area contributed by atoms with Crippen LogP contribution in [0, 0.1) is 0 Å². The normalized spacial score (nSPS) is 14.8. The fourth-order valence-corrected chi connectivity index (χ4v) is 5.86. The maximum absolute atomic E-state index is 6.30. The first-order valence-electron chi connectivity index (χ1n) is 18.7. The third-order valence-electron chi connectivity index (χ3n) is 8.94. The van der Waals surface area contributed by atoms with Crippen LogP contribution in [-0.2, 0) is 4.74 Å². The lowest BCUT2D eigenvalue weighted by Gasteiger charge is -2.27. The molecule has 5 nitrogen and oxygen atoms in total. The minimum absolute atomic E-state index is 0.174. The molecule has 0 aliphatic rings. The van der Waals surface area contributed by atoms with Crippen LogP contribution in [-0.4, -0.2) is 24.5 Å². The summed E-state index contributed by atoms with van der Waals surface area (Å²) in [6.07, 6.45) is 38.8. The number of rotatable bonds is 34. The van der Waals surface area contributed by atoms with Gasteiger partial charge >= 0.3 is 0 Å². The van der Waals surface area contributed by atoms with Crippen molar-refractivity contribution in [3.63, 3.8) is 0 Å². The second-order valence-corrected chi connectivity index (χ2v) is 13.2. The van der Waals surface area contributed by atoms with Crippen LogP contribution in [0.5, 0.6) is 0 Å². The zero-order valence-electron chi connectivity index (χ0n) is 28.2. The van der Waals surface area contributed by atoms with Crippen molar-refractivity contribution in [3.05, 3.63) is 0 Å². The highest BCUT2D eigenvalue weighted by molar-refractivity contribution is 4.74. The second-order valence-electron chi connectivity index (χ2n) is 13.2. The van der Waals surface area contributed by atoms with E-state index in [0.717, 1.165) is 25.7 Å². The Bertz CT molecular complexity index is 450. The summed E-state index contributed by atoms with van der Waals surface area (Å²) in [4.78, 5) is 0. The second kappa shape index (κ2) is 32.7. The van der Waals surface area contributed by atoms with Crippen LogP contribution in [0.15, 0.2) is 0 Å². The molecule has 41 heavy (non-hydrogen) atoms. The number of hydrogen-bond donors (Lipinski definition) is 4. The summed E-state index contributed by atoms with van der Waals surface area (Å²) in [5, 5.41) is 0. The van der Waals surface area contributed by atoms with Gasteiger partial charge in [-0.2, -0.15) is 0 Å². The van der Waals surface area contributed by atoms with Crippen molar-refractivity contribution in [2.75, 3.05) is 0 Å². The molecule has 0 rings (SSSR count). The molecule has 0 aliphatic heterocycles. The lowest BCUT2D eigenvalue weighted by molar-refractivity contribution is -0.0332. The zero-order valence-corrected chi connectivity index (χ0v) is 28.2. The molecule has 4 unspecified atom stereocenters. The fourth-order valence-electron chi connectivity index (χ4n) is 5.86. The Morgan fingerprint density at radius 1 is 0.317 bits per heavy atom. The molecule has 0 saturated carbocycles. The lowest BCUT2D eigenvalue weighted by atomic mass is 10.0. The van der Waals surface area contributed by atoms with Gasteiger partial charge in [-0.15, -0.1) is 0 Å². The Morgan fingerprint density at radius 3 is 0.732 bits per heavy atom. The lowest BCUT2D eigenvalue weighted by Crippen LogP contribution is -2.52. The topological polar surface area (TPSA) is 113 Å². The van der Waals surface area contributed by atoms with Gasteiger partial charge in [-0.25, -0.2) is 0 Å². The zero-order chi connectivity index (χ0) is 30.2. The summed E-state index contributed by atoms with van der Waals surface area (Å²) in [7, 11) is 0. The van der Waals surface area contributed by atoms with Crippen LogP contribution in [0.4, 0.5) is 0 Å². The summed E-state index contributed by atoms with van der Waals surface area (Å²) >= 11 is 0. The predicted molar refractivity (Wildman–Crippen MR) is 183 cm³/mol. The minimum Gasteiger partial charge on any atom is -0.342 e. The number of unbranched alkanes of at least 4 members (excludes halogenated alkanes) is 26. The summed E-state index contributed by atoms with van der Waals surface area (Å²) in [6.45, 7) is 4.57. The monoisotopic (exact) mass is 583 g/mol. The van der Waals surface area contributed by atoms with Gasteiger partial charge < -0.3 is 27.7 Å². The molecule has 0 bridgehead atoms. The quantitative estimate of drug-likeness (QED) is 0.0445. The molecule has 0 aromatic rings. The van der Waals surface area contributed by atoms with E-state index < -0.39 is 12.5 Å². The number of ether oxygens (including phenoxy) is 1. The van der Waals surface area contributed by atoms with E-state index in [-0.39, 0.29) is 12.1 Å². The molecule has 4 atom stereocenters. The third kappa shape index (κ3) is 29.6. The highest BCUT2D eigenvalue weighted by atomic mass is 16.5. The van der Waals surface area contributed by atoms with Crippen LogP contribution in [0.3, 0.4) is 0 Å². The van der Waals surface area contributed by atoms with Gasteiger partial charge in [-0.1, -0.05) is 194 Å². The van der Waals surface area contributed by atoms with E-state index in [1.807, 2.05) is 0 Å². The molecule has 5 heteroatoms. The SMILES string of the molecule is CCCCCCCCCCCCCCCCC(N)C(N)OC(N)C(N)CCCCCCCCCCCCCCCC. The Balaban J connectivity index is 3.52. The molecule has 0 heterocycles. The molecular weight excluding hydrogens is 504 g/mol. The Kier molecular flexibility index (Phi) is 32.5. The van der Waals surface area contributed by atoms with Gasteiger partial charge in [0.05, 0.1) is 0 Å². The average Bonchev–Trinajstić information content (AvgIpc) is 2.97. The van der Waals surface area contributed by atoms with Crippen molar-refractivity contribution in [2.24, 2.45) is 22.9 Å². The standard InChI is InChI=1S/C36H78N4O/c1-3-5-7-9-11-13-15-17-19-21-23-25-27-29-31-33(37)35(39)41-36(40)34(38)32-30-28-26-24-22-20-18-16-14-12-10-8-6-4-2/h33-36H,3-32,37-40H2,1-2H3. The minimum atomic E-state index is -0.533. The van der Waals surface area contributed by atoms with Crippen molar-refractivity contribution in [1.29, 1.82) is 0 Å². The van der Waals surface area contributed by atoms with Crippen LogP contribution in [0.1, 0.15) is 206 Å². The maximum atomic E-state index is 6.30. The first-order valence-corrected chi connectivity index (χ1v) is 18.7. The third-order valence-corrected chi connectivity index (χ3v) is 8.94. The van der Waals surface area contributed by atoms with Crippen molar-refractivity contribution in [3.8, 4) is 0 Å². The van der Waals surface area contributed by atoms with Crippen molar-refractivity contribution >= 4 is 0 Å². The summed E-state index contributed by atoms with van der Waals surface area (Å²) in [5.74, 6) is 0. The molecule has 8 N–H and O–H groups in total. The van der Waals surface area contributed by atoms with E-state index in [9.17, 15) is 0 Å². The fraction of sp³-hybridized carbons (Fsp3) is 1.00. The van der Waals surface area contributed by atoms with Gasteiger partial charge in [0.15, 0.2) is 0 Å². The molecule has 0 aromatic heterocycles. The van der Waals surface area contributed by atoms with Crippen LogP contribution >= 0.6 is 0 Å². The molecule has 0 amide bonds. The molecule has 0 aliphatic carbocycles. The molecular formula is C36H78N4O. The average molecular weight is 583 g/mol. The van der Waals surface area contributed by atoms with Crippen molar-refractivity contribution < 1.29 is 4.74 Å². The molecule has 248 valence electrons. The van der Waals surface area contributed by atoms with Gasteiger partial charge in [-0.05, 0) is 12.8 Å². The van der Waals surface area contributed by atoms with E-state index in [1.165, 1.54) is 167 Å². The van der Waals surface area contributed by atoms with Gasteiger partial charge in [0.2, 0.25) is 0 Å². The maximum Gasteiger partial charge on any atom is 0.123 e. The van der Waals surface area contributed by atoms with Gasteiger partial charge in [0.1, 0.15) is 12.5 Å². The van der Waals surface area contributed by atoms with Crippen LogP contribution < -0.4 is 22.9 Å². The van der Waals surface area contributed by atoms with Crippen molar-refractivity contribution in [2.45, 2.75) is 231 Å². The van der Waals surface area contributed by atoms with Gasteiger partial charge in [0.25, 0.3) is 0 Å². The van der Waals surface area contributed by atoms with E-state index in [2.05, 4.69) is 13.8 Å². The van der Waals surface area contributed by atoms with Gasteiger partial charge in [0, 0.05) is 12.1 Å². The summed E-state index contributed by atoms with van der Waals surface area (Å²) in [5.41, 5.74) is 25.0. The molecule has 0 spiro atoms. The summed E-state index contributed by atoms with van der Waals surface area (Å²) in [6, 6.07) is -0.349. The highest BCUT2D eigenvalue weighted by Gasteiger charge is 2.21. The molecule has 0 aromatic carbocycles. The molecule has 0 fully saturated rings. The Labute approximate surface area is 258 Å². The number of nitrogens with two attached hydrogens (primary N) is 4. The first kappa shape index (κ1) is 40.8. The Hall–Kier alpha value is -0.200. The van der Waals surface area contributed by atoms with E-state index in [0.29, 0.717) is 0 Å².